The summed E-state index contributed by atoms with van der Waals surface area (Å²) in [5, 5.41) is 7.11. The number of H-pyrrole nitrogens is 1. The predicted molar refractivity (Wildman–Crippen MR) is 103 cm³/mol. The summed E-state index contributed by atoms with van der Waals surface area (Å²) in [6.07, 6.45) is 2.58. The molecule has 2 aromatic rings. The van der Waals surface area contributed by atoms with Crippen molar-refractivity contribution in [2.45, 2.75) is 32.2 Å². The molecule has 0 aliphatic carbocycles. The standard InChI is InChI=1S/C20H26N4O3/c1-4-5-9-18-20(26)23(2)10-11-24(18)19(25)17-13-16(21-22-17)14-7-6-8-15(12-14)27-3/h6-8,12-13,18H,4-5,9-11H2,1-3H3,(H,21,22)/t18-/m1/s1. The number of hydrogen-bond donors (Lipinski definition) is 1. The number of nitrogens with one attached hydrogen (secondary N) is 1. The van der Waals surface area contributed by atoms with Gasteiger partial charge >= 0.3 is 0 Å². The highest BCUT2D eigenvalue weighted by Gasteiger charge is 2.36. The first kappa shape index (κ1) is 18.9. The van der Waals surface area contributed by atoms with Gasteiger partial charge in [-0.05, 0) is 24.6 Å². The number of likely N-dealkylation sites (N-methyl/N-ethyl adjacent to an activating group) is 1. The van der Waals surface area contributed by atoms with Gasteiger partial charge in [-0.3, -0.25) is 14.7 Å². The molecule has 0 saturated carbocycles. The Morgan fingerprint density at radius 3 is 2.89 bits per heavy atom. The fourth-order valence-corrected chi connectivity index (χ4v) is 3.35. The van der Waals surface area contributed by atoms with Crippen molar-refractivity contribution >= 4 is 11.8 Å². The zero-order valence-corrected chi connectivity index (χ0v) is 16.1. The molecule has 0 radical (unpaired) electrons. The largest absolute Gasteiger partial charge is 0.497 e. The second-order valence-electron chi connectivity index (χ2n) is 6.82. The van der Waals surface area contributed by atoms with Crippen molar-refractivity contribution in [3.05, 3.63) is 36.0 Å². The molecule has 1 atom stereocenters. The quantitative estimate of drug-likeness (QED) is 0.848. The van der Waals surface area contributed by atoms with Crippen molar-refractivity contribution in [3.63, 3.8) is 0 Å². The summed E-state index contributed by atoms with van der Waals surface area (Å²) in [5.41, 5.74) is 1.93. The maximum atomic E-state index is 13.1. The number of aromatic amines is 1. The van der Waals surface area contributed by atoms with E-state index >= 15 is 0 Å². The average Bonchev–Trinajstić information content (AvgIpc) is 3.19. The lowest BCUT2D eigenvalue weighted by Crippen LogP contribution is -2.57. The van der Waals surface area contributed by atoms with Crippen LogP contribution in [0.3, 0.4) is 0 Å². The van der Waals surface area contributed by atoms with E-state index in [9.17, 15) is 9.59 Å². The zero-order valence-electron chi connectivity index (χ0n) is 16.1. The molecule has 27 heavy (non-hydrogen) atoms. The topological polar surface area (TPSA) is 78.5 Å². The van der Waals surface area contributed by atoms with Crippen molar-refractivity contribution in [2.75, 3.05) is 27.2 Å². The van der Waals surface area contributed by atoms with Gasteiger partial charge in [0.05, 0.1) is 12.8 Å². The van der Waals surface area contributed by atoms with E-state index in [4.69, 9.17) is 4.74 Å². The summed E-state index contributed by atoms with van der Waals surface area (Å²) in [7, 11) is 3.40. The SMILES string of the molecule is CCCC[C@@H]1C(=O)N(C)CCN1C(=O)c1cc(-c2cccc(OC)c2)n[nH]1. The van der Waals surface area contributed by atoms with Crippen molar-refractivity contribution < 1.29 is 14.3 Å². The van der Waals surface area contributed by atoms with E-state index in [1.165, 1.54) is 0 Å². The first-order valence-corrected chi connectivity index (χ1v) is 9.31. The number of rotatable bonds is 6. The molecular weight excluding hydrogens is 344 g/mol. The van der Waals surface area contributed by atoms with Crippen LogP contribution in [0.4, 0.5) is 0 Å². The Bertz CT molecular complexity index is 817. The molecule has 1 aliphatic heterocycles. The van der Waals surface area contributed by atoms with Gasteiger partial charge in [0.25, 0.3) is 5.91 Å². The fraction of sp³-hybridized carbons (Fsp3) is 0.450. The van der Waals surface area contributed by atoms with Gasteiger partial charge in [0.2, 0.25) is 5.91 Å². The number of methoxy groups -OCH3 is 1. The van der Waals surface area contributed by atoms with Crippen molar-refractivity contribution in [1.82, 2.24) is 20.0 Å². The number of carbonyl (C=O) groups is 2. The first-order chi connectivity index (χ1) is 13.0. The number of carbonyl (C=O) groups excluding carboxylic acids is 2. The van der Waals surface area contributed by atoms with Crippen LogP contribution in [0.2, 0.25) is 0 Å². The van der Waals surface area contributed by atoms with Crippen LogP contribution in [0.15, 0.2) is 30.3 Å². The van der Waals surface area contributed by atoms with Gasteiger partial charge in [0.1, 0.15) is 17.5 Å². The van der Waals surface area contributed by atoms with Crippen LogP contribution in [-0.2, 0) is 4.79 Å². The van der Waals surface area contributed by atoms with E-state index in [-0.39, 0.29) is 11.8 Å². The molecule has 0 bridgehead atoms. The van der Waals surface area contributed by atoms with Gasteiger partial charge in [-0.1, -0.05) is 31.9 Å². The monoisotopic (exact) mass is 370 g/mol. The lowest BCUT2D eigenvalue weighted by molar-refractivity contribution is -0.138. The lowest BCUT2D eigenvalue weighted by Gasteiger charge is -2.39. The molecule has 1 aromatic carbocycles. The summed E-state index contributed by atoms with van der Waals surface area (Å²) in [4.78, 5) is 29.0. The van der Waals surface area contributed by atoms with Gasteiger partial charge in [-0.15, -0.1) is 0 Å². The molecule has 0 unspecified atom stereocenters. The van der Waals surface area contributed by atoms with E-state index in [1.54, 1.807) is 30.0 Å². The Kier molecular flexibility index (Phi) is 5.78. The van der Waals surface area contributed by atoms with Crippen molar-refractivity contribution in [2.24, 2.45) is 0 Å². The third kappa shape index (κ3) is 3.97. The van der Waals surface area contributed by atoms with Gasteiger partial charge < -0.3 is 14.5 Å². The predicted octanol–water partition coefficient (Wildman–Crippen LogP) is 2.56. The highest BCUT2D eigenvalue weighted by Crippen LogP contribution is 2.24. The number of amides is 2. The molecule has 1 saturated heterocycles. The number of ether oxygens (including phenoxy) is 1. The number of unbranched alkanes of at least 4 members (excludes halogenated alkanes) is 1. The zero-order chi connectivity index (χ0) is 19.4. The minimum atomic E-state index is -0.403. The molecule has 1 aromatic heterocycles. The second kappa shape index (κ2) is 8.24. The van der Waals surface area contributed by atoms with E-state index in [0.717, 1.165) is 24.2 Å². The molecule has 7 heteroatoms. The molecule has 1 N–H and O–H groups in total. The Morgan fingerprint density at radius 2 is 2.15 bits per heavy atom. The molecule has 2 amide bonds. The van der Waals surface area contributed by atoms with Crippen LogP contribution >= 0.6 is 0 Å². The van der Waals surface area contributed by atoms with Crippen LogP contribution in [0.1, 0.15) is 36.7 Å². The van der Waals surface area contributed by atoms with E-state index in [0.29, 0.717) is 30.9 Å². The number of piperazine rings is 1. The van der Waals surface area contributed by atoms with Gasteiger partial charge in [0, 0.05) is 25.7 Å². The van der Waals surface area contributed by atoms with Gasteiger partial charge in [-0.2, -0.15) is 5.10 Å². The third-order valence-corrected chi connectivity index (χ3v) is 4.98. The fourth-order valence-electron chi connectivity index (χ4n) is 3.35. The van der Waals surface area contributed by atoms with Crippen molar-refractivity contribution in [3.8, 4) is 17.0 Å². The minimum absolute atomic E-state index is 0.00980. The molecule has 3 rings (SSSR count). The maximum absolute atomic E-state index is 13.1. The molecule has 2 heterocycles. The Hall–Kier alpha value is -2.83. The minimum Gasteiger partial charge on any atom is -0.497 e. The lowest BCUT2D eigenvalue weighted by atomic mass is 10.0. The molecule has 1 aliphatic rings. The Morgan fingerprint density at radius 1 is 1.33 bits per heavy atom. The number of hydrogen-bond acceptors (Lipinski definition) is 4. The number of aromatic nitrogens is 2. The smallest absolute Gasteiger partial charge is 0.272 e. The van der Waals surface area contributed by atoms with Crippen LogP contribution < -0.4 is 4.74 Å². The summed E-state index contributed by atoms with van der Waals surface area (Å²) < 4.78 is 5.24. The van der Waals surface area contributed by atoms with E-state index < -0.39 is 6.04 Å². The molecular formula is C20H26N4O3. The van der Waals surface area contributed by atoms with Crippen LogP contribution in [0, 0.1) is 0 Å². The first-order valence-electron chi connectivity index (χ1n) is 9.31. The third-order valence-electron chi connectivity index (χ3n) is 4.98. The summed E-state index contributed by atoms with van der Waals surface area (Å²) >= 11 is 0. The van der Waals surface area contributed by atoms with Crippen molar-refractivity contribution in [1.29, 1.82) is 0 Å². The molecule has 144 valence electrons. The van der Waals surface area contributed by atoms with E-state index in [1.807, 2.05) is 24.3 Å². The summed E-state index contributed by atoms with van der Waals surface area (Å²) in [6.45, 7) is 3.16. The highest BCUT2D eigenvalue weighted by molar-refractivity contribution is 5.97. The highest BCUT2D eigenvalue weighted by atomic mass is 16.5. The molecule has 0 spiro atoms. The maximum Gasteiger partial charge on any atom is 0.272 e. The average molecular weight is 370 g/mol. The number of nitrogens with zero attached hydrogens (tertiary/aromatic N) is 3. The van der Waals surface area contributed by atoms with Crippen LogP contribution in [0.25, 0.3) is 11.3 Å². The Balaban J connectivity index is 1.82. The summed E-state index contributed by atoms with van der Waals surface area (Å²) in [6, 6.07) is 8.85. The van der Waals surface area contributed by atoms with Gasteiger partial charge in [0.15, 0.2) is 0 Å². The van der Waals surface area contributed by atoms with Crippen LogP contribution in [-0.4, -0.2) is 65.1 Å². The van der Waals surface area contributed by atoms with E-state index in [2.05, 4.69) is 17.1 Å². The van der Waals surface area contributed by atoms with Crippen LogP contribution in [0.5, 0.6) is 5.75 Å². The Labute approximate surface area is 159 Å². The second-order valence-corrected chi connectivity index (χ2v) is 6.82. The normalized spacial score (nSPS) is 17.3. The van der Waals surface area contributed by atoms with Gasteiger partial charge in [-0.25, -0.2) is 0 Å². The molecule has 7 nitrogen and oxygen atoms in total. The number of benzene rings is 1. The molecule has 1 fully saturated rings. The summed E-state index contributed by atoms with van der Waals surface area (Å²) in [5.74, 6) is 0.558.